The number of nitro groups is 2. The molecule has 0 aromatic heterocycles. The largest absolute Gasteiger partial charge is 0.495 e. The molecule has 2 rings (SSSR count). The van der Waals surface area contributed by atoms with Crippen LogP contribution in [0.1, 0.15) is 20.7 Å². The van der Waals surface area contributed by atoms with Gasteiger partial charge in [-0.05, 0) is 18.2 Å². The van der Waals surface area contributed by atoms with Gasteiger partial charge in [-0.3, -0.25) is 29.8 Å². The number of nitro benzene ring substituents is 2. The van der Waals surface area contributed by atoms with Gasteiger partial charge >= 0.3 is 0 Å². The first kappa shape index (κ1) is 19.3. The molecule has 27 heavy (non-hydrogen) atoms. The Hall–Kier alpha value is -4.02. The first-order valence-electron chi connectivity index (χ1n) is 7.42. The Balaban J connectivity index is 2.38. The average Bonchev–Trinajstić information content (AvgIpc) is 2.66. The number of nitrogens with one attached hydrogen (secondary N) is 2. The number of nitrogens with zero attached hydrogens (tertiary/aromatic N) is 2. The summed E-state index contributed by atoms with van der Waals surface area (Å²) >= 11 is 0. The molecule has 11 nitrogen and oxygen atoms in total. The molecule has 140 valence electrons. The topological polar surface area (TPSA) is 154 Å². The molecule has 11 heteroatoms. The lowest BCUT2D eigenvalue weighted by atomic mass is 10.1. The summed E-state index contributed by atoms with van der Waals surface area (Å²) in [5, 5.41) is 26.8. The normalized spacial score (nSPS) is 10.0. The molecule has 0 unspecified atom stereocenters. The Bertz CT molecular complexity index is 910. The number of rotatable bonds is 6. The first-order chi connectivity index (χ1) is 12.8. The van der Waals surface area contributed by atoms with E-state index in [1.807, 2.05) is 0 Å². The lowest BCUT2D eigenvalue weighted by Crippen LogP contribution is -2.18. The molecule has 0 aliphatic carbocycles. The number of non-ortho nitro benzene ring substituents is 2. The maximum atomic E-state index is 12.4. The second kappa shape index (κ2) is 7.91. The molecule has 0 spiro atoms. The Morgan fingerprint density at radius 1 is 0.926 bits per heavy atom. The van der Waals surface area contributed by atoms with Crippen LogP contribution in [-0.4, -0.2) is 35.8 Å². The Labute approximate surface area is 152 Å². The fourth-order valence-corrected chi connectivity index (χ4v) is 2.21. The molecular formula is C16H14N4O7. The molecule has 2 N–H and O–H groups in total. The standard InChI is InChI=1S/C16H14N4O7/c1-17-15(21)9-3-4-13(14(7-9)27-2)18-16(22)10-5-11(19(23)24)8-12(6-10)20(25)26/h3-8H,1-2H3,(H,17,21)(H,18,22). The van der Waals surface area contributed by atoms with E-state index < -0.39 is 27.1 Å². The van der Waals surface area contributed by atoms with E-state index in [0.29, 0.717) is 5.56 Å². The molecule has 2 aromatic carbocycles. The summed E-state index contributed by atoms with van der Waals surface area (Å²) in [5.41, 5.74) is -0.969. The molecule has 0 heterocycles. The van der Waals surface area contributed by atoms with Crippen molar-refractivity contribution in [3.8, 4) is 5.75 Å². The molecule has 0 fully saturated rings. The Kier molecular flexibility index (Phi) is 5.65. The number of benzene rings is 2. The number of carbonyl (C=O) groups is 2. The maximum absolute atomic E-state index is 12.4. The number of amides is 2. The van der Waals surface area contributed by atoms with Crippen molar-refractivity contribution in [3.63, 3.8) is 0 Å². The number of hydrogen-bond donors (Lipinski definition) is 2. The van der Waals surface area contributed by atoms with Crippen LogP contribution >= 0.6 is 0 Å². The minimum atomic E-state index is -0.831. The predicted molar refractivity (Wildman–Crippen MR) is 94.1 cm³/mol. The Morgan fingerprint density at radius 3 is 2.00 bits per heavy atom. The second-order valence-corrected chi connectivity index (χ2v) is 5.20. The third kappa shape index (κ3) is 4.34. The predicted octanol–water partition coefficient (Wildman–Crippen LogP) is 2.12. The summed E-state index contributed by atoms with van der Waals surface area (Å²) in [4.78, 5) is 44.3. The van der Waals surface area contributed by atoms with E-state index in [0.717, 1.165) is 18.2 Å². The highest BCUT2D eigenvalue weighted by Crippen LogP contribution is 2.28. The molecule has 0 bridgehead atoms. The fraction of sp³-hybridized carbons (Fsp3) is 0.125. The number of anilines is 1. The van der Waals surface area contributed by atoms with Gasteiger partial charge in [0.05, 0.1) is 34.3 Å². The summed E-state index contributed by atoms with van der Waals surface area (Å²) in [5.74, 6) is -1.00. The maximum Gasteiger partial charge on any atom is 0.277 e. The van der Waals surface area contributed by atoms with Crippen molar-refractivity contribution in [1.29, 1.82) is 0 Å². The molecule has 0 atom stereocenters. The van der Waals surface area contributed by atoms with Crippen molar-refractivity contribution in [1.82, 2.24) is 5.32 Å². The third-order valence-electron chi connectivity index (χ3n) is 3.53. The number of carbonyl (C=O) groups excluding carboxylic acids is 2. The van der Waals surface area contributed by atoms with Gasteiger partial charge in [0, 0.05) is 24.7 Å². The SMILES string of the molecule is CNC(=O)c1ccc(NC(=O)c2cc([N+](=O)[O-])cc([N+](=O)[O-])c2)c(OC)c1. The van der Waals surface area contributed by atoms with Crippen LogP contribution in [0.2, 0.25) is 0 Å². The van der Waals surface area contributed by atoms with Crippen molar-refractivity contribution in [2.75, 3.05) is 19.5 Å². The molecular weight excluding hydrogens is 360 g/mol. The van der Waals surface area contributed by atoms with Crippen LogP contribution in [0.4, 0.5) is 17.1 Å². The molecule has 0 aliphatic heterocycles. The van der Waals surface area contributed by atoms with Crippen molar-refractivity contribution >= 4 is 28.9 Å². The minimum Gasteiger partial charge on any atom is -0.495 e. The van der Waals surface area contributed by atoms with Gasteiger partial charge in [0.15, 0.2) is 0 Å². The summed E-state index contributed by atoms with van der Waals surface area (Å²) < 4.78 is 5.13. The zero-order chi connectivity index (χ0) is 20.1. The van der Waals surface area contributed by atoms with E-state index in [2.05, 4.69) is 10.6 Å². The van der Waals surface area contributed by atoms with Crippen molar-refractivity contribution in [2.24, 2.45) is 0 Å². The quantitative estimate of drug-likeness (QED) is 0.580. The van der Waals surface area contributed by atoms with Gasteiger partial charge < -0.3 is 15.4 Å². The first-order valence-corrected chi connectivity index (χ1v) is 7.42. The second-order valence-electron chi connectivity index (χ2n) is 5.20. The molecule has 0 aliphatic rings. The van der Waals surface area contributed by atoms with Crippen LogP contribution in [0.5, 0.6) is 5.75 Å². The van der Waals surface area contributed by atoms with E-state index in [4.69, 9.17) is 4.74 Å². The van der Waals surface area contributed by atoms with E-state index in [9.17, 15) is 29.8 Å². The minimum absolute atomic E-state index is 0.171. The molecule has 0 saturated carbocycles. The van der Waals surface area contributed by atoms with Gasteiger partial charge in [-0.15, -0.1) is 0 Å². The highest BCUT2D eigenvalue weighted by Gasteiger charge is 2.21. The van der Waals surface area contributed by atoms with Crippen LogP contribution in [0, 0.1) is 20.2 Å². The summed E-state index contributed by atoms with van der Waals surface area (Å²) in [6, 6.07) is 6.85. The smallest absolute Gasteiger partial charge is 0.277 e. The Morgan fingerprint density at radius 2 is 1.52 bits per heavy atom. The number of ether oxygens (including phenoxy) is 1. The van der Waals surface area contributed by atoms with Gasteiger partial charge in [0.25, 0.3) is 23.2 Å². The third-order valence-corrected chi connectivity index (χ3v) is 3.53. The monoisotopic (exact) mass is 374 g/mol. The summed E-state index contributed by atoms with van der Waals surface area (Å²) in [7, 11) is 2.79. The van der Waals surface area contributed by atoms with E-state index >= 15 is 0 Å². The fourth-order valence-electron chi connectivity index (χ4n) is 2.21. The zero-order valence-corrected chi connectivity index (χ0v) is 14.2. The van der Waals surface area contributed by atoms with E-state index in [-0.39, 0.29) is 22.9 Å². The van der Waals surface area contributed by atoms with Crippen molar-refractivity contribution < 1.29 is 24.2 Å². The van der Waals surface area contributed by atoms with Crippen LogP contribution < -0.4 is 15.4 Å². The summed E-state index contributed by atoms with van der Waals surface area (Å²) in [6.07, 6.45) is 0. The highest BCUT2D eigenvalue weighted by atomic mass is 16.6. The molecule has 2 amide bonds. The van der Waals surface area contributed by atoms with E-state index in [1.165, 1.54) is 32.4 Å². The van der Waals surface area contributed by atoms with Crippen LogP contribution in [-0.2, 0) is 0 Å². The molecule has 0 radical (unpaired) electrons. The van der Waals surface area contributed by atoms with E-state index in [1.54, 1.807) is 0 Å². The molecule has 2 aromatic rings. The highest BCUT2D eigenvalue weighted by molar-refractivity contribution is 6.06. The lowest BCUT2D eigenvalue weighted by Gasteiger charge is -2.11. The van der Waals surface area contributed by atoms with Crippen molar-refractivity contribution in [3.05, 3.63) is 67.8 Å². The van der Waals surface area contributed by atoms with Gasteiger partial charge in [0.2, 0.25) is 0 Å². The number of hydrogen-bond acceptors (Lipinski definition) is 7. The van der Waals surface area contributed by atoms with Crippen LogP contribution in [0.25, 0.3) is 0 Å². The van der Waals surface area contributed by atoms with Crippen LogP contribution in [0.15, 0.2) is 36.4 Å². The van der Waals surface area contributed by atoms with Gasteiger partial charge in [-0.2, -0.15) is 0 Å². The summed E-state index contributed by atoms with van der Waals surface area (Å²) in [6.45, 7) is 0. The molecule has 0 saturated heterocycles. The van der Waals surface area contributed by atoms with Gasteiger partial charge in [0.1, 0.15) is 5.75 Å². The van der Waals surface area contributed by atoms with Gasteiger partial charge in [-0.25, -0.2) is 0 Å². The van der Waals surface area contributed by atoms with Crippen LogP contribution in [0.3, 0.4) is 0 Å². The average molecular weight is 374 g/mol. The number of methoxy groups -OCH3 is 1. The van der Waals surface area contributed by atoms with Gasteiger partial charge in [-0.1, -0.05) is 0 Å². The lowest BCUT2D eigenvalue weighted by molar-refractivity contribution is -0.394. The zero-order valence-electron chi connectivity index (χ0n) is 14.2. The van der Waals surface area contributed by atoms with Crippen molar-refractivity contribution in [2.45, 2.75) is 0 Å².